The van der Waals surface area contributed by atoms with E-state index in [1.54, 1.807) is 19.1 Å². The summed E-state index contributed by atoms with van der Waals surface area (Å²) in [5.74, 6) is 6.09. The summed E-state index contributed by atoms with van der Waals surface area (Å²) in [5.41, 5.74) is 2.68. The minimum absolute atomic E-state index is 0.138. The van der Waals surface area contributed by atoms with Gasteiger partial charge in [0.2, 0.25) is 5.89 Å². The van der Waals surface area contributed by atoms with Crippen molar-refractivity contribution in [1.82, 2.24) is 10.1 Å². The van der Waals surface area contributed by atoms with Gasteiger partial charge in [-0.05, 0) is 19.1 Å². The van der Waals surface area contributed by atoms with Crippen LogP contribution in [-0.4, -0.2) is 15.1 Å². The van der Waals surface area contributed by atoms with Crippen LogP contribution in [-0.2, 0) is 6.54 Å². The van der Waals surface area contributed by atoms with Crippen LogP contribution in [0.4, 0.5) is 17.1 Å². The number of nitro benzene ring substituents is 1. The lowest BCUT2D eigenvalue weighted by atomic mass is 10.2. The molecule has 1 aromatic heterocycles. The van der Waals surface area contributed by atoms with Crippen molar-refractivity contribution >= 4 is 17.1 Å². The van der Waals surface area contributed by atoms with E-state index in [9.17, 15) is 10.1 Å². The van der Waals surface area contributed by atoms with Gasteiger partial charge in [0.05, 0.1) is 11.5 Å². The molecule has 0 bridgehead atoms. The fourth-order valence-corrected chi connectivity index (χ4v) is 1.58. The lowest BCUT2D eigenvalue weighted by Crippen LogP contribution is -2.11. The van der Waals surface area contributed by atoms with E-state index >= 15 is 0 Å². The number of aromatic nitrogens is 2. The fraction of sp³-hybridized carbons (Fsp3) is 0.200. The molecule has 9 nitrogen and oxygen atoms in total. The van der Waals surface area contributed by atoms with Crippen molar-refractivity contribution in [2.45, 2.75) is 13.5 Å². The van der Waals surface area contributed by atoms with E-state index in [-0.39, 0.29) is 17.9 Å². The third kappa shape index (κ3) is 2.77. The van der Waals surface area contributed by atoms with Crippen LogP contribution >= 0.6 is 0 Å². The summed E-state index contributed by atoms with van der Waals surface area (Å²) >= 11 is 0. The first-order valence-corrected chi connectivity index (χ1v) is 5.39. The molecule has 2 rings (SSSR count). The summed E-state index contributed by atoms with van der Waals surface area (Å²) in [6, 6.07) is 4.73. The number of nitrogens with two attached hydrogens (primary N) is 1. The molecule has 4 N–H and O–H groups in total. The highest BCUT2D eigenvalue weighted by atomic mass is 16.6. The normalized spacial score (nSPS) is 10.2. The topological polar surface area (TPSA) is 132 Å². The maximum Gasteiger partial charge on any atom is 0.316 e. The molecule has 0 unspecified atom stereocenters. The molecule has 0 saturated carbocycles. The first-order chi connectivity index (χ1) is 9.11. The second-order valence-electron chi connectivity index (χ2n) is 3.69. The molecule has 2 aromatic rings. The number of hydrogen-bond acceptors (Lipinski definition) is 8. The van der Waals surface area contributed by atoms with E-state index in [1.807, 2.05) is 0 Å². The molecule has 0 spiro atoms. The minimum Gasteiger partial charge on any atom is -0.370 e. The summed E-state index contributed by atoms with van der Waals surface area (Å²) in [6.45, 7) is 1.88. The highest BCUT2D eigenvalue weighted by Gasteiger charge is 2.19. The molecule has 100 valence electrons. The van der Waals surface area contributed by atoms with Gasteiger partial charge in [0.15, 0.2) is 5.82 Å². The Bertz CT molecular complexity index is 597. The molecule has 0 fully saturated rings. The zero-order chi connectivity index (χ0) is 13.8. The molecule has 1 heterocycles. The van der Waals surface area contributed by atoms with Gasteiger partial charge in [-0.3, -0.25) is 16.0 Å². The van der Waals surface area contributed by atoms with Gasteiger partial charge in [0.25, 0.3) is 0 Å². The van der Waals surface area contributed by atoms with E-state index in [1.165, 1.54) is 6.07 Å². The van der Waals surface area contributed by atoms with Crippen molar-refractivity contribution in [3.8, 4) is 0 Å². The van der Waals surface area contributed by atoms with Gasteiger partial charge in [-0.1, -0.05) is 11.2 Å². The molecule has 0 aliphatic rings. The van der Waals surface area contributed by atoms with Crippen molar-refractivity contribution in [1.29, 1.82) is 0 Å². The third-order valence-electron chi connectivity index (χ3n) is 2.37. The summed E-state index contributed by atoms with van der Waals surface area (Å²) in [6.07, 6.45) is 0. The maximum atomic E-state index is 11.0. The molecule has 0 aliphatic heterocycles. The number of nitro groups is 1. The zero-order valence-electron chi connectivity index (χ0n) is 10.1. The maximum absolute atomic E-state index is 11.0. The van der Waals surface area contributed by atoms with Crippen LogP contribution in [0.25, 0.3) is 0 Å². The SMILES string of the molecule is Cc1noc(CNc2cccc(NN)c2[N+](=O)[O-])n1. The van der Waals surface area contributed by atoms with Crippen LogP contribution < -0.4 is 16.6 Å². The van der Waals surface area contributed by atoms with Gasteiger partial charge < -0.3 is 15.3 Å². The van der Waals surface area contributed by atoms with Crippen LogP contribution in [0.15, 0.2) is 22.7 Å². The molecule has 0 aliphatic carbocycles. The Morgan fingerprint density at radius 1 is 1.47 bits per heavy atom. The molecule has 19 heavy (non-hydrogen) atoms. The predicted octanol–water partition coefficient (Wildman–Crippen LogP) is 1.18. The van der Waals surface area contributed by atoms with Crippen molar-refractivity contribution in [2.75, 3.05) is 10.7 Å². The number of rotatable bonds is 5. The monoisotopic (exact) mass is 264 g/mol. The lowest BCUT2D eigenvalue weighted by Gasteiger charge is -2.08. The van der Waals surface area contributed by atoms with Crippen molar-refractivity contribution < 1.29 is 9.45 Å². The Morgan fingerprint density at radius 3 is 2.79 bits per heavy atom. The number of benzene rings is 1. The van der Waals surface area contributed by atoms with Crippen molar-refractivity contribution in [3.63, 3.8) is 0 Å². The van der Waals surface area contributed by atoms with Crippen LogP contribution in [0.1, 0.15) is 11.7 Å². The predicted molar refractivity (Wildman–Crippen MR) is 67.3 cm³/mol. The molecular formula is C10H12N6O3. The van der Waals surface area contributed by atoms with Gasteiger partial charge in [0.1, 0.15) is 11.4 Å². The number of nitrogens with zero attached hydrogens (tertiary/aromatic N) is 3. The van der Waals surface area contributed by atoms with E-state index in [2.05, 4.69) is 20.9 Å². The number of nitrogen functional groups attached to an aromatic ring is 1. The highest BCUT2D eigenvalue weighted by molar-refractivity contribution is 5.75. The zero-order valence-corrected chi connectivity index (χ0v) is 10.1. The van der Waals surface area contributed by atoms with Gasteiger partial charge in [-0.25, -0.2) is 0 Å². The average Bonchev–Trinajstić information content (AvgIpc) is 2.81. The standard InChI is InChI=1S/C10H12N6O3/c1-6-13-9(19-15-6)5-12-7-3-2-4-8(14-11)10(7)16(17)18/h2-4,12,14H,5,11H2,1H3. The quantitative estimate of drug-likeness (QED) is 0.416. The number of hydrazine groups is 1. The number of para-hydroxylation sites is 1. The average molecular weight is 264 g/mol. The summed E-state index contributed by atoms with van der Waals surface area (Å²) in [7, 11) is 0. The number of aryl methyl sites for hydroxylation is 1. The highest BCUT2D eigenvalue weighted by Crippen LogP contribution is 2.32. The first kappa shape index (κ1) is 12.8. The van der Waals surface area contributed by atoms with Crippen LogP contribution in [0.2, 0.25) is 0 Å². The number of nitrogens with one attached hydrogen (secondary N) is 2. The van der Waals surface area contributed by atoms with Gasteiger partial charge >= 0.3 is 5.69 Å². The van der Waals surface area contributed by atoms with Gasteiger partial charge in [-0.15, -0.1) is 0 Å². The van der Waals surface area contributed by atoms with Crippen LogP contribution in [0.3, 0.4) is 0 Å². The molecule has 9 heteroatoms. The van der Waals surface area contributed by atoms with Crippen LogP contribution in [0, 0.1) is 17.0 Å². The smallest absolute Gasteiger partial charge is 0.316 e. The Morgan fingerprint density at radius 2 is 2.21 bits per heavy atom. The summed E-state index contributed by atoms with van der Waals surface area (Å²) < 4.78 is 4.91. The second kappa shape index (κ2) is 5.31. The molecule has 0 amide bonds. The van der Waals surface area contributed by atoms with Gasteiger partial charge in [-0.2, -0.15) is 4.98 Å². The van der Waals surface area contributed by atoms with Crippen molar-refractivity contribution in [3.05, 3.63) is 40.0 Å². The Kier molecular flexibility index (Phi) is 3.57. The Labute approximate surface area is 107 Å². The number of anilines is 2. The van der Waals surface area contributed by atoms with E-state index in [4.69, 9.17) is 10.4 Å². The van der Waals surface area contributed by atoms with Crippen molar-refractivity contribution in [2.24, 2.45) is 5.84 Å². The third-order valence-corrected chi connectivity index (χ3v) is 2.37. The Hall–Kier alpha value is -2.68. The van der Waals surface area contributed by atoms with E-state index < -0.39 is 4.92 Å². The lowest BCUT2D eigenvalue weighted by molar-refractivity contribution is -0.383. The second-order valence-corrected chi connectivity index (χ2v) is 3.69. The first-order valence-electron chi connectivity index (χ1n) is 5.39. The van der Waals surface area contributed by atoms with Crippen LogP contribution in [0.5, 0.6) is 0 Å². The van der Waals surface area contributed by atoms with E-state index in [0.29, 0.717) is 17.4 Å². The number of hydrogen-bond donors (Lipinski definition) is 3. The fourth-order valence-electron chi connectivity index (χ4n) is 1.58. The molecule has 0 radical (unpaired) electrons. The van der Waals surface area contributed by atoms with Gasteiger partial charge in [0, 0.05) is 0 Å². The largest absolute Gasteiger partial charge is 0.370 e. The minimum atomic E-state index is -0.517. The summed E-state index contributed by atoms with van der Waals surface area (Å²) in [4.78, 5) is 14.5. The molecular weight excluding hydrogens is 252 g/mol. The van der Waals surface area contributed by atoms with E-state index in [0.717, 1.165) is 0 Å². The molecule has 0 saturated heterocycles. The molecule has 0 atom stereocenters. The Balaban J connectivity index is 2.22. The molecule has 1 aromatic carbocycles. The summed E-state index contributed by atoms with van der Waals surface area (Å²) in [5, 5.41) is 17.5.